The lowest BCUT2D eigenvalue weighted by Crippen LogP contribution is -2.31. The van der Waals surface area contributed by atoms with Crippen molar-refractivity contribution in [1.29, 1.82) is 0 Å². The molecule has 3 heterocycles. The molecule has 0 unspecified atom stereocenters. The molecule has 3 N–H and O–H groups in total. The number of hydrogen-bond acceptors (Lipinski definition) is 3. The minimum atomic E-state index is -0.980. The molecule has 1 atom stereocenters. The molecule has 3 aromatic rings. The third kappa shape index (κ3) is 1.94. The summed E-state index contributed by atoms with van der Waals surface area (Å²) in [4.78, 5) is 18.9. The van der Waals surface area contributed by atoms with Crippen molar-refractivity contribution in [3.63, 3.8) is 0 Å². The second-order valence-corrected chi connectivity index (χ2v) is 6.30. The largest absolute Gasteiger partial charge is 0.494 e. The van der Waals surface area contributed by atoms with E-state index in [1.807, 2.05) is 26.8 Å². The Hall–Kier alpha value is -2.50. The number of aromatic hydroxyl groups is 1. The van der Waals surface area contributed by atoms with Gasteiger partial charge >= 0.3 is 5.97 Å². The van der Waals surface area contributed by atoms with Crippen LogP contribution in [0.25, 0.3) is 21.8 Å². The van der Waals surface area contributed by atoms with Gasteiger partial charge in [0.25, 0.3) is 0 Å². The lowest BCUT2D eigenvalue weighted by atomic mass is 9.86. The van der Waals surface area contributed by atoms with Crippen molar-refractivity contribution in [2.45, 2.75) is 26.8 Å². The molecular formula is C15H17N3O3. The normalized spacial score (nSPS) is 13.9. The minimum absolute atomic E-state index is 0.0769. The first-order chi connectivity index (χ1) is 9.80. The summed E-state index contributed by atoms with van der Waals surface area (Å²) < 4.78 is 1.42. The van der Waals surface area contributed by atoms with Gasteiger partial charge in [-0.15, -0.1) is 0 Å². The van der Waals surface area contributed by atoms with E-state index in [1.54, 1.807) is 18.6 Å². The van der Waals surface area contributed by atoms with Gasteiger partial charge < -0.3 is 19.8 Å². The zero-order chi connectivity index (χ0) is 15.4. The molecule has 6 heteroatoms. The van der Waals surface area contributed by atoms with Crippen LogP contribution >= 0.6 is 0 Å². The van der Waals surface area contributed by atoms with Gasteiger partial charge in [-0.25, -0.2) is 9.78 Å². The number of H-pyrrole nitrogens is 1. The van der Waals surface area contributed by atoms with E-state index in [4.69, 9.17) is 0 Å². The van der Waals surface area contributed by atoms with Crippen molar-refractivity contribution in [3.8, 4) is 5.88 Å². The predicted molar refractivity (Wildman–Crippen MR) is 79.4 cm³/mol. The van der Waals surface area contributed by atoms with Crippen molar-refractivity contribution in [2.75, 3.05) is 0 Å². The van der Waals surface area contributed by atoms with Crippen LogP contribution in [0.15, 0.2) is 24.7 Å². The van der Waals surface area contributed by atoms with Gasteiger partial charge in [0.2, 0.25) is 5.88 Å². The highest BCUT2D eigenvalue weighted by atomic mass is 16.4. The zero-order valence-corrected chi connectivity index (χ0v) is 12.1. The standard InChI is InChI=1S/C15H17N3O3/c1-15(2,3)11(14(20)21)18-7-8-4-5-16-12-10(8)9(6-17-12)13(18)19/h4-7,11,16,19H,1-3H3,(H,20,21)/t11-/m0/s1. The highest BCUT2D eigenvalue weighted by Crippen LogP contribution is 2.39. The van der Waals surface area contributed by atoms with Gasteiger partial charge in [0.1, 0.15) is 11.7 Å². The van der Waals surface area contributed by atoms with E-state index < -0.39 is 17.4 Å². The fourth-order valence-electron chi connectivity index (χ4n) is 2.81. The summed E-state index contributed by atoms with van der Waals surface area (Å²) in [5, 5.41) is 22.3. The Balaban J connectivity index is 2.37. The number of carboxylic acids is 1. The molecule has 0 radical (unpaired) electrons. The molecular weight excluding hydrogens is 270 g/mol. The highest BCUT2D eigenvalue weighted by molar-refractivity contribution is 6.09. The van der Waals surface area contributed by atoms with Crippen LogP contribution < -0.4 is 0 Å². The molecule has 3 rings (SSSR count). The monoisotopic (exact) mass is 287 g/mol. The van der Waals surface area contributed by atoms with Crippen LogP contribution in [0.1, 0.15) is 26.8 Å². The van der Waals surface area contributed by atoms with Gasteiger partial charge in [-0.1, -0.05) is 20.8 Å². The summed E-state index contributed by atoms with van der Waals surface area (Å²) in [6.45, 7) is 5.50. The topological polar surface area (TPSA) is 91.1 Å². The van der Waals surface area contributed by atoms with Gasteiger partial charge in [0.05, 0.1) is 5.39 Å². The van der Waals surface area contributed by atoms with E-state index in [0.29, 0.717) is 11.0 Å². The van der Waals surface area contributed by atoms with Gasteiger partial charge in [-0.05, 0) is 11.5 Å². The lowest BCUT2D eigenvalue weighted by molar-refractivity contribution is -0.144. The second-order valence-electron chi connectivity index (χ2n) is 6.30. The summed E-state index contributed by atoms with van der Waals surface area (Å²) in [7, 11) is 0. The molecule has 6 nitrogen and oxygen atoms in total. The number of hydrogen-bond donors (Lipinski definition) is 3. The second kappa shape index (κ2) is 4.25. The average Bonchev–Trinajstić information content (AvgIpc) is 2.79. The highest BCUT2D eigenvalue weighted by Gasteiger charge is 2.34. The summed E-state index contributed by atoms with van der Waals surface area (Å²) >= 11 is 0. The fraction of sp³-hybridized carbons (Fsp3) is 0.333. The van der Waals surface area contributed by atoms with Crippen molar-refractivity contribution >= 4 is 27.8 Å². The summed E-state index contributed by atoms with van der Waals surface area (Å²) in [6, 6.07) is 0.967. The minimum Gasteiger partial charge on any atom is -0.494 e. The van der Waals surface area contributed by atoms with E-state index in [0.717, 1.165) is 10.8 Å². The molecule has 0 aromatic carbocycles. The van der Waals surface area contributed by atoms with Crippen molar-refractivity contribution < 1.29 is 15.0 Å². The Labute approximate surface area is 121 Å². The molecule has 0 amide bonds. The van der Waals surface area contributed by atoms with Crippen molar-refractivity contribution in [3.05, 3.63) is 24.7 Å². The SMILES string of the molecule is CC(C)(C)[C@H](C(=O)O)n1cc2cc[nH]c3ncc(c1O)c23. The molecule has 0 saturated heterocycles. The number of carboxylic acid groups (broad SMARTS) is 1. The molecule has 0 bridgehead atoms. The number of aromatic nitrogens is 3. The van der Waals surface area contributed by atoms with Crippen LogP contribution in [0, 0.1) is 5.41 Å². The molecule has 0 spiro atoms. The lowest BCUT2D eigenvalue weighted by Gasteiger charge is -2.30. The molecule has 0 aliphatic heterocycles. The smallest absolute Gasteiger partial charge is 0.327 e. The third-order valence-electron chi connectivity index (χ3n) is 3.70. The first-order valence-electron chi connectivity index (χ1n) is 6.69. The van der Waals surface area contributed by atoms with E-state index >= 15 is 0 Å². The number of carbonyl (C=O) groups is 1. The van der Waals surface area contributed by atoms with Crippen LogP contribution in [0.2, 0.25) is 0 Å². The molecule has 0 fully saturated rings. The van der Waals surface area contributed by atoms with E-state index in [9.17, 15) is 15.0 Å². The maximum absolute atomic E-state index is 11.7. The van der Waals surface area contributed by atoms with Crippen LogP contribution in [-0.4, -0.2) is 30.7 Å². The Bertz CT molecular complexity index is 839. The number of pyridine rings is 2. The Kier molecular flexibility index (Phi) is 2.73. The summed E-state index contributed by atoms with van der Waals surface area (Å²) in [5.41, 5.74) is 0.126. The number of nitrogens with zero attached hydrogens (tertiary/aromatic N) is 2. The van der Waals surface area contributed by atoms with E-state index in [-0.39, 0.29) is 5.88 Å². The van der Waals surface area contributed by atoms with Gasteiger partial charge in [0, 0.05) is 29.4 Å². The van der Waals surface area contributed by atoms with E-state index in [2.05, 4.69) is 9.97 Å². The third-order valence-corrected chi connectivity index (χ3v) is 3.70. The molecule has 0 aliphatic carbocycles. The van der Waals surface area contributed by atoms with Gasteiger partial charge in [-0.3, -0.25) is 0 Å². The fourth-order valence-corrected chi connectivity index (χ4v) is 2.81. The van der Waals surface area contributed by atoms with Gasteiger partial charge in [0.15, 0.2) is 0 Å². The zero-order valence-electron chi connectivity index (χ0n) is 12.1. The molecule has 21 heavy (non-hydrogen) atoms. The number of rotatable bonds is 2. The van der Waals surface area contributed by atoms with Crippen molar-refractivity contribution in [2.24, 2.45) is 5.41 Å². The first-order valence-corrected chi connectivity index (χ1v) is 6.69. The first kappa shape index (κ1) is 13.5. The van der Waals surface area contributed by atoms with Gasteiger partial charge in [-0.2, -0.15) is 0 Å². The Morgan fingerprint density at radius 3 is 2.76 bits per heavy atom. The molecule has 0 saturated carbocycles. The van der Waals surface area contributed by atoms with Crippen LogP contribution in [0.4, 0.5) is 0 Å². The summed E-state index contributed by atoms with van der Waals surface area (Å²) in [6.07, 6.45) is 4.98. The van der Waals surface area contributed by atoms with E-state index in [1.165, 1.54) is 4.57 Å². The maximum Gasteiger partial charge on any atom is 0.327 e. The maximum atomic E-state index is 11.7. The van der Waals surface area contributed by atoms with Crippen LogP contribution in [-0.2, 0) is 4.79 Å². The van der Waals surface area contributed by atoms with Crippen LogP contribution in [0.5, 0.6) is 5.88 Å². The summed E-state index contributed by atoms with van der Waals surface area (Å²) in [5.74, 6) is -1.06. The molecule has 0 aliphatic rings. The molecule has 110 valence electrons. The number of nitrogens with one attached hydrogen (secondary N) is 1. The number of aliphatic carboxylic acids is 1. The average molecular weight is 287 g/mol. The molecule has 3 aromatic heterocycles. The predicted octanol–water partition coefficient (Wildman–Crippen LogP) is 2.90. The Morgan fingerprint density at radius 1 is 1.43 bits per heavy atom. The van der Waals surface area contributed by atoms with Crippen LogP contribution in [0.3, 0.4) is 0 Å². The Morgan fingerprint density at radius 2 is 2.14 bits per heavy atom. The number of aromatic amines is 1. The quantitative estimate of drug-likeness (QED) is 0.676. The van der Waals surface area contributed by atoms with Crippen molar-refractivity contribution in [1.82, 2.24) is 14.5 Å².